The number of imide groups is 1. The number of esters is 1. The van der Waals surface area contributed by atoms with Gasteiger partial charge in [0, 0.05) is 6.42 Å². The number of methoxy groups -OCH3 is 1. The van der Waals surface area contributed by atoms with Crippen LogP contribution in [0.4, 0.5) is 0 Å². The lowest BCUT2D eigenvalue weighted by atomic mass is 9.98. The van der Waals surface area contributed by atoms with Crippen LogP contribution >= 0.6 is 0 Å². The van der Waals surface area contributed by atoms with Gasteiger partial charge in [0.1, 0.15) is 11.8 Å². The molecule has 0 N–H and O–H groups in total. The Bertz CT molecular complexity index is 1400. The minimum atomic E-state index is -1.20. The topological polar surface area (TPSA) is 106 Å². The molecule has 2 aliphatic rings. The van der Waals surface area contributed by atoms with E-state index in [0.29, 0.717) is 12.2 Å². The molecule has 9 nitrogen and oxygen atoms in total. The summed E-state index contributed by atoms with van der Waals surface area (Å²) in [4.78, 5) is 52.3. The summed E-state index contributed by atoms with van der Waals surface area (Å²) in [5, 5.41) is 5.89. The lowest BCUT2D eigenvalue weighted by Crippen LogP contribution is -2.44. The smallest absolute Gasteiger partial charge is 0.329 e. The highest BCUT2D eigenvalue weighted by Gasteiger charge is 2.41. The van der Waals surface area contributed by atoms with Crippen molar-refractivity contribution in [2.24, 2.45) is 5.10 Å². The molecule has 0 saturated heterocycles. The zero-order valence-corrected chi connectivity index (χ0v) is 20.9. The van der Waals surface area contributed by atoms with Crippen molar-refractivity contribution < 1.29 is 28.7 Å². The zero-order valence-electron chi connectivity index (χ0n) is 20.9. The Hall–Kier alpha value is -4.79. The number of fused-ring (bicyclic) bond motifs is 1. The van der Waals surface area contributed by atoms with Gasteiger partial charge in [0.2, 0.25) is 0 Å². The molecule has 38 heavy (non-hydrogen) atoms. The van der Waals surface area contributed by atoms with Gasteiger partial charge in [-0.15, -0.1) is 0 Å². The average Bonchev–Trinajstić information content (AvgIpc) is 3.51. The van der Waals surface area contributed by atoms with Gasteiger partial charge >= 0.3 is 5.97 Å². The fourth-order valence-electron chi connectivity index (χ4n) is 4.62. The van der Waals surface area contributed by atoms with Crippen LogP contribution in [0.1, 0.15) is 51.2 Å². The molecule has 3 aromatic carbocycles. The van der Waals surface area contributed by atoms with Crippen molar-refractivity contribution in [2.75, 3.05) is 13.7 Å². The molecule has 0 fully saturated rings. The maximum Gasteiger partial charge on any atom is 0.329 e. The molecule has 0 bridgehead atoms. The van der Waals surface area contributed by atoms with E-state index in [1.165, 1.54) is 24.1 Å². The number of hydrogen-bond donors (Lipinski definition) is 0. The van der Waals surface area contributed by atoms with Crippen LogP contribution in [0.3, 0.4) is 0 Å². The molecule has 0 radical (unpaired) electrons. The third-order valence-electron chi connectivity index (χ3n) is 6.67. The van der Waals surface area contributed by atoms with Gasteiger partial charge in [0.15, 0.2) is 6.61 Å². The second-order valence-corrected chi connectivity index (χ2v) is 8.95. The summed E-state index contributed by atoms with van der Waals surface area (Å²) in [6, 6.07) is 21.6. The Morgan fingerprint density at radius 3 is 2.13 bits per heavy atom. The molecule has 3 amide bonds. The van der Waals surface area contributed by atoms with E-state index >= 15 is 0 Å². The predicted octanol–water partition coefficient (Wildman–Crippen LogP) is 3.60. The third kappa shape index (κ3) is 4.54. The SMILES string of the molecule is COc1ccc(C2CC(c3ccccc3)=NN2C(=O)COC(=O)C(C)N2C(=O)c3ccccc3C2=O)cc1. The molecule has 0 spiro atoms. The number of hydrazone groups is 1. The van der Waals surface area contributed by atoms with Gasteiger partial charge in [-0.2, -0.15) is 5.10 Å². The number of rotatable bonds is 7. The van der Waals surface area contributed by atoms with E-state index < -0.39 is 42.4 Å². The van der Waals surface area contributed by atoms with Crippen LogP contribution in [-0.4, -0.2) is 59.1 Å². The van der Waals surface area contributed by atoms with Crippen LogP contribution in [0.25, 0.3) is 0 Å². The molecule has 2 aliphatic heterocycles. The first-order valence-electron chi connectivity index (χ1n) is 12.1. The summed E-state index contributed by atoms with van der Waals surface area (Å²) in [6.07, 6.45) is 0.474. The van der Waals surface area contributed by atoms with Crippen LogP contribution in [0.5, 0.6) is 5.75 Å². The van der Waals surface area contributed by atoms with Crippen molar-refractivity contribution in [3.05, 3.63) is 101 Å². The highest BCUT2D eigenvalue weighted by molar-refractivity contribution is 6.22. The summed E-state index contributed by atoms with van der Waals surface area (Å²) < 4.78 is 10.5. The molecule has 3 aromatic rings. The summed E-state index contributed by atoms with van der Waals surface area (Å²) in [7, 11) is 1.58. The zero-order chi connectivity index (χ0) is 26.8. The second-order valence-electron chi connectivity index (χ2n) is 8.95. The first-order valence-corrected chi connectivity index (χ1v) is 12.1. The molecule has 0 aliphatic carbocycles. The summed E-state index contributed by atoms with van der Waals surface area (Å²) in [5.74, 6) is -1.85. The molecule has 2 atom stereocenters. The average molecular weight is 512 g/mol. The van der Waals surface area contributed by atoms with Gasteiger partial charge in [-0.3, -0.25) is 19.3 Å². The molecular weight excluding hydrogens is 486 g/mol. The van der Waals surface area contributed by atoms with Gasteiger partial charge < -0.3 is 9.47 Å². The molecule has 2 unspecified atom stereocenters. The predicted molar refractivity (Wildman–Crippen MR) is 138 cm³/mol. The Labute approximate surface area is 219 Å². The largest absolute Gasteiger partial charge is 0.497 e. The van der Waals surface area contributed by atoms with E-state index in [9.17, 15) is 19.2 Å². The highest BCUT2D eigenvalue weighted by atomic mass is 16.5. The maximum atomic E-state index is 13.3. The Balaban J connectivity index is 1.31. The summed E-state index contributed by atoms with van der Waals surface area (Å²) in [6.45, 7) is 0.806. The van der Waals surface area contributed by atoms with E-state index in [4.69, 9.17) is 9.47 Å². The number of ether oxygens (including phenoxy) is 2. The van der Waals surface area contributed by atoms with E-state index in [1.807, 2.05) is 54.6 Å². The number of carbonyl (C=O) groups excluding carboxylic acids is 4. The van der Waals surface area contributed by atoms with Gasteiger partial charge in [-0.25, -0.2) is 9.80 Å². The number of hydrogen-bond acceptors (Lipinski definition) is 7. The summed E-state index contributed by atoms with van der Waals surface area (Å²) in [5.41, 5.74) is 2.92. The highest BCUT2D eigenvalue weighted by Crippen LogP contribution is 2.34. The van der Waals surface area contributed by atoms with Gasteiger partial charge in [0.05, 0.1) is 30.0 Å². The third-order valence-corrected chi connectivity index (χ3v) is 6.67. The van der Waals surface area contributed by atoms with Crippen molar-refractivity contribution in [2.45, 2.75) is 25.4 Å². The van der Waals surface area contributed by atoms with Crippen LogP contribution in [0.15, 0.2) is 84.0 Å². The van der Waals surface area contributed by atoms with Crippen molar-refractivity contribution >= 4 is 29.4 Å². The van der Waals surface area contributed by atoms with Crippen LogP contribution in [0, 0.1) is 0 Å². The van der Waals surface area contributed by atoms with Crippen molar-refractivity contribution in [3.8, 4) is 5.75 Å². The van der Waals surface area contributed by atoms with Crippen LogP contribution in [-0.2, 0) is 14.3 Å². The Morgan fingerprint density at radius 2 is 1.53 bits per heavy atom. The number of amides is 3. The maximum absolute atomic E-state index is 13.3. The van der Waals surface area contributed by atoms with Crippen molar-refractivity contribution in [1.29, 1.82) is 0 Å². The molecule has 192 valence electrons. The minimum Gasteiger partial charge on any atom is -0.497 e. The standard InChI is InChI=1S/C29H25N3O6/c1-18(31-27(34)22-10-6-7-11-23(22)28(31)35)29(36)38-17-26(33)32-25(20-12-14-21(37-2)15-13-20)16-24(30-32)19-8-4-3-5-9-19/h3-15,18,25H,16-17H2,1-2H3. The number of nitrogens with zero attached hydrogens (tertiary/aromatic N) is 3. The molecule has 5 rings (SSSR count). The first-order chi connectivity index (χ1) is 18.4. The fourth-order valence-corrected chi connectivity index (χ4v) is 4.62. The lowest BCUT2D eigenvalue weighted by Gasteiger charge is -2.24. The molecule has 0 saturated carbocycles. The molecule has 9 heteroatoms. The Kier molecular flexibility index (Phi) is 6.74. The first kappa shape index (κ1) is 24.9. The lowest BCUT2D eigenvalue weighted by molar-refractivity contribution is -0.155. The normalized spacial score (nSPS) is 17.2. The summed E-state index contributed by atoms with van der Waals surface area (Å²) >= 11 is 0. The van der Waals surface area contributed by atoms with Crippen molar-refractivity contribution in [1.82, 2.24) is 9.91 Å². The van der Waals surface area contributed by atoms with E-state index in [2.05, 4.69) is 5.10 Å². The molecular formula is C29H25N3O6. The number of carbonyl (C=O) groups is 4. The van der Waals surface area contributed by atoms with Crippen molar-refractivity contribution in [3.63, 3.8) is 0 Å². The molecule has 2 heterocycles. The monoisotopic (exact) mass is 511 g/mol. The van der Waals surface area contributed by atoms with Gasteiger partial charge in [-0.1, -0.05) is 54.6 Å². The van der Waals surface area contributed by atoms with E-state index in [1.54, 1.807) is 19.2 Å². The number of benzene rings is 3. The molecule has 0 aromatic heterocycles. The van der Waals surface area contributed by atoms with Gasteiger partial charge in [0.25, 0.3) is 17.7 Å². The van der Waals surface area contributed by atoms with E-state index in [-0.39, 0.29) is 11.1 Å². The Morgan fingerprint density at radius 1 is 0.921 bits per heavy atom. The second kappa shape index (κ2) is 10.3. The van der Waals surface area contributed by atoms with Gasteiger partial charge in [-0.05, 0) is 42.3 Å². The quantitative estimate of drug-likeness (QED) is 0.355. The van der Waals surface area contributed by atoms with Crippen LogP contribution in [0.2, 0.25) is 0 Å². The fraction of sp³-hybridized carbons (Fsp3) is 0.207. The van der Waals surface area contributed by atoms with Crippen LogP contribution < -0.4 is 4.74 Å². The van der Waals surface area contributed by atoms with E-state index in [0.717, 1.165) is 21.7 Å². The minimum absolute atomic E-state index is 0.232.